The first-order chi connectivity index (χ1) is 8.26. The van der Waals surface area contributed by atoms with E-state index in [9.17, 15) is 0 Å². The first-order valence-electron chi connectivity index (χ1n) is 6.64. The molecular weight excluding hydrogens is 224 g/mol. The number of hydrogen-bond acceptors (Lipinski definition) is 3. The van der Waals surface area contributed by atoms with Gasteiger partial charge >= 0.3 is 0 Å². The summed E-state index contributed by atoms with van der Waals surface area (Å²) in [7, 11) is 4.24. The molecule has 104 valence electrons. The molecule has 0 aliphatic heterocycles. The number of rotatable bonds is 6. The Morgan fingerprint density at radius 1 is 1.22 bits per heavy atom. The van der Waals surface area contributed by atoms with Crippen LogP contribution in [0.5, 0.6) is 0 Å². The van der Waals surface area contributed by atoms with Crippen molar-refractivity contribution in [3.8, 4) is 0 Å². The van der Waals surface area contributed by atoms with E-state index in [4.69, 9.17) is 0 Å². The zero-order valence-electron chi connectivity index (χ0n) is 12.7. The van der Waals surface area contributed by atoms with Crippen molar-refractivity contribution in [2.45, 2.75) is 34.2 Å². The molecule has 1 aromatic rings. The number of likely N-dealkylation sites (N-methyl/N-ethyl adjacent to an activating group) is 1. The molecule has 0 aliphatic carbocycles. The third kappa shape index (κ3) is 6.17. The van der Waals surface area contributed by atoms with Crippen molar-refractivity contribution in [1.29, 1.82) is 0 Å². The van der Waals surface area contributed by atoms with Gasteiger partial charge in [-0.25, -0.2) is 4.98 Å². The van der Waals surface area contributed by atoms with Gasteiger partial charge in [0.05, 0.1) is 0 Å². The second-order valence-electron chi connectivity index (χ2n) is 6.57. The van der Waals surface area contributed by atoms with Gasteiger partial charge in [-0.05, 0) is 26.4 Å². The summed E-state index contributed by atoms with van der Waals surface area (Å²) in [5.74, 6) is 0.994. The Morgan fingerprint density at radius 3 is 2.33 bits per heavy atom. The number of aromatic amines is 1. The largest absolute Gasteiger partial charge is 0.345 e. The van der Waals surface area contributed by atoms with E-state index in [2.05, 4.69) is 54.6 Å². The van der Waals surface area contributed by atoms with E-state index in [1.165, 1.54) is 5.69 Å². The average Bonchev–Trinajstić information content (AvgIpc) is 2.58. The van der Waals surface area contributed by atoms with Crippen LogP contribution >= 0.6 is 0 Å². The van der Waals surface area contributed by atoms with Crippen molar-refractivity contribution < 1.29 is 0 Å². The van der Waals surface area contributed by atoms with Gasteiger partial charge in [0.15, 0.2) is 0 Å². The van der Waals surface area contributed by atoms with Crippen LogP contribution in [0.25, 0.3) is 0 Å². The van der Waals surface area contributed by atoms with Crippen molar-refractivity contribution in [1.82, 2.24) is 19.8 Å². The lowest BCUT2D eigenvalue weighted by Gasteiger charge is -2.30. The minimum absolute atomic E-state index is 0.321. The van der Waals surface area contributed by atoms with Gasteiger partial charge in [0, 0.05) is 38.1 Å². The molecule has 0 fully saturated rings. The van der Waals surface area contributed by atoms with Crippen molar-refractivity contribution >= 4 is 0 Å². The maximum atomic E-state index is 4.27. The van der Waals surface area contributed by atoms with Gasteiger partial charge in [-0.1, -0.05) is 20.8 Å². The minimum atomic E-state index is 0.321. The predicted octanol–water partition coefficient (Wildman–Crippen LogP) is 2.13. The third-order valence-electron chi connectivity index (χ3n) is 2.71. The summed E-state index contributed by atoms with van der Waals surface area (Å²) in [4.78, 5) is 12.3. The van der Waals surface area contributed by atoms with Crippen molar-refractivity contribution in [2.24, 2.45) is 5.41 Å². The van der Waals surface area contributed by atoms with E-state index in [-0.39, 0.29) is 0 Å². The van der Waals surface area contributed by atoms with Gasteiger partial charge in [0.2, 0.25) is 0 Å². The number of nitrogens with one attached hydrogen (secondary N) is 1. The van der Waals surface area contributed by atoms with E-state index in [0.29, 0.717) is 5.41 Å². The van der Waals surface area contributed by atoms with Crippen LogP contribution in [0, 0.1) is 12.3 Å². The van der Waals surface area contributed by atoms with E-state index in [1.54, 1.807) is 0 Å². The molecule has 1 heterocycles. The lowest BCUT2D eigenvalue weighted by atomic mass is 9.96. The van der Waals surface area contributed by atoms with Crippen LogP contribution in [-0.2, 0) is 6.54 Å². The summed E-state index contributed by atoms with van der Waals surface area (Å²) in [5.41, 5.74) is 1.52. The van der Waals surface area contributed by atoms with E-state index < -0.39 is 0 Å². The van der Waals surface area contributed by atoms with Gasteiger partial charge in [-0.15, -0.1) is 0 Å². The monoisotopic (exact) mass is 252 g/mol. The Kier molecular flexibility index (Phi) is 5.35. The zero-order chi connectivity index (χ0) is 13.8. The molecule has 1 rings (SSSR count). The molecule has 0 amide bonds. The minimum Gasteiger partial charge on any atom is -0.345 e. The molecule has 0 saturated heterocycles. The number of imidazole rings is 1. The first kappa shape index (κ1) is 15.2. The molecule has 0 spiro atoms. The third-order valence-corrected chi connectivity index (χ3v) is 2.71. The highest BCUT2D eigenvalue weighted by Crippen LogP contribution is 2.16. The lowest BCUT2D eigenvalue weighted by Crippen LogP contribution is -2.37. The van der Waals surface area contributed by atoms with Gasteiger partial charge in [0.1, 0.15) is 5.82 Å². The smallest absolute Gasteiger partial charge is 0.103 e. The second-order valence-corrected chi connectivity index (χ2v) is 6.57. The van der Waals surface area contributed by atoms with Gasteiger partial charge in [0.25, 0.3) is 0 Å². The predicted molar refractivity (Wildman–Crippen MR) is 76.6 cm³/mol. The molecule has 4 nitrogen and oxygen atoms in total. The summed E-state index contributed by atoms with van der Waals surface area (Å²) in [5, 5.41) is 0. The first-order valence-corrected chi connectivity index (χ1v) is 6.64. The van der Waals surface area contributed by atoms with Gasteiger partial charge in [-0.2, -0.15) is 0 Å². The summed E-state index contributed by atoms with van der Waals surface area (Å²) < 4.78 is 0. The van der Waals surface area contributed by atoms with E-state index in [0.717, 1.165) is 32.0 Å². The molecule has 18 heavy (non-hydrogen) atoms. The van der Waals surface area contributed by atoms with Gasteiger partial charge < -0.3 is 9.88 Å². The molecule has 0 aromatic carbocycles. The van der Waals surface area contributed by atoms with Crippen LogP contribution < -0.4 is 0 Å². The highest BCUT2D eigenvalue weighted by atomic mass is 15.2. The topological polar surface area (TPSA) is 35.2 Å². The summed E-state index contributed by atoms with van der Waals surface area (Å²) in [6.07, 6.45) is 1.95. The van der Waals surface area contributed by atoms with Crippen LogP contribution in [0.3, 0.4) is 0 Å². The van der Waals surface area contributed by atoms with Crippen LogP contribution in [0.4, 0.5) is 0 Å². The molecule has 0 bridgehead atoms. The molecular formula is C14H28N4. The van der Waals surface area contributed by atoms with Gasteiger partial charge in [-0.3, -0.25) is 4.90 Å². The summed E-state index contributed by atoms with van der Waals surface area (Å²) in [6, 6.07) is 0. The Labute approximate surface area is 111 Å². The number of hydrogen-bond donors (Lipinski definition) is 1. The SMILES string of the molecule is Cc1ncc(CN(CCN(C)C)CC(C)(C)C)[nH]1. The molecule has 0 saturated carbocycles. The molecule has 4 heteroatoms. The maximum Gasteiger partial charge on any atom is 0.103 e. The highest BCUT2D eigenvalue weighted by Gasteiger charge is 2.17. The van der Waals surface area contributed by atoms with Crippen LogP contribution in [0.1, 0.15) is 32.3 Å². The normalized spacial score (nSPS) is 12.7. The van der Waals surface area contributed by atoms with Crippen molar-refractivity contribution in [3.05, 3.63) is 17.7 Å². The fourth-order valence-electron chi connectivity index (χ4n) is 2.02. The van der Waals surface area contributed by atoms with Crippen molar-refractivity contribution in [3.63, 3.8) is 0 Å². The van der Waals surface area contributed by atoms with Crippen LogP contribution in [0.15, 0.2) is 6.20 Å². The Morgan fingerprint density at radius 2 is 1.89 bits per heavy atom. The molecule has 0 radical (unpaired) electrons. The molecule has 0 unspecified atom stereocenters. The fraction of sp³-hybridized carbons (Fsp3) is 0.786. The quantitative estimate of drug-likeness (QED) is 0.842. The second kappa shape index (κ2) is 6.34. The highest BCUT2D eigenvalue weighted by molar-refractivity contribution is 4.99. The van der Waals surface area contributed by atoms with Crippen molar-refractivity contribution in [2.75, 3.05) is 33.7 Å². The molecule has 1 N–H and O–H groups in total. The maximum absolute atomic E-state index is 4.27. The number of aromatic nitrogens is 2. The average molecular weight is 252 g/mol. The fourth-order valence-corrected chi connectivity index (χ4v) is 2.02. The number of H-pyrrole nitrogens is 1. The standard InChI is InChI=1S/C14H28N4/c1-12-15-9-13(16-12)10-18(8-7-17(5)6)11-14(2,3)4/h9H,7-8,10-11H2,1-6H3,(H,15,16). The Bertz CT molecular complexity index is 349. The number of aryl methyl sites for hydroxylation is 1. The summed E-state index contributed by atoms with van der Waals surface area (Å²) in [6.45, 7) is 13.1. The lowest BCUT2D eigenvalue weighted by molar-refractivity contribution is 0.168. The van der Waals surface area contributed by atoms with Crippen LogP contribution in [-0.4, -0.2) is 53.5 Å². The summed E-state index contributed by atoms with van der Waals surface area (Å²) >= 11 is 0. The van der Waals surface area contributed by atoms with E-state index >= 15 is 0 Å². The Balaban J connectivity index is 2.59. The molecule has 1 aromatic heterocycles. The number of nitrogens with zero attached hydrogens (tertiary/aromatic N) is 3. The Hall–Kier alpha value is -0.870. The van der Waals surface area contributed by atoms with Crippen LogP contribution in [0.2, 0.25) is 0 Å². The van der Waals surface area contributed by atoms with E-state index in [1.807, 2.05) is 13.1 Å². The molecule has 0 atom stereocenters. The zero-order valence-corrected chi connectivity index (χ0v) is 12.7. The molecule has 0 aliphatic rings.